The fourth-order valence-electron chi connectivity index (χ4n) is 4.57. The Morgan fingerprint density at radius 1 is 0.853 bits per heavy atom. The van der Waals surface area contributed by atoms with E-state index in [1.807, 2.05) is 72.8 Å². The van der Waals surface area contributed by atoms with Crippen LogP contribution in [0.15, 0.2) is 89.7 Å². The summed E-state index contributed by atoms with van der Waals surface area (Å²) in [5.74, 6) is 0. The topological polar surface area (TPSA) is 71.8 Å². The van der Waals surface area contributed by atoms with Gasteiger partial charge < -0.3 is 18.9 Å². The molecule has 2 aliphatic rings. The molecule has 7 nitrogen and oxygen atoms in total. The normalized spacial score (nSPS) is 22.9. The summed E-state index contributed by atoms with van der Waals surface area (Å²) < 4.78 is 26.3. The molecule has 0 saturated carbocycles. The van der Waals surface area contributed by atoms with Gasteiger partial charge in [0, 0.05) is 0 Å². The van der Waals surface area contributed by atoms with Crippen molar-refractivity contribution >= 4 is 10.9 Å². The highest BCUT2D eigenvalue weighted by Gasteiger charge is 2.53. The SMILES string of the molecule is O=c1c2ccccc2nc2n1C1O[C@H](COCc3ccccc3)[C@@H](OCc3ccccc3)[C@H]1O2. The summed E-state index contributed by atoms with van der Waals surface area (Å²) in [5.41, 5.74) is 2.55. The smallest absolute Gasteiger partial charge is 0.302 e. The van der Waals surface area contributed by atoms with Crippen LogP contribution in [0.3, 0.4) is 0 Å². The molecule has 3 aromatic carbocycles. The highest BCUT2D eigenvalue weighted by Crippen LogP contribution is 2.40. The van der Waals surface area contributed by atoms with E-state index in [0.29, 0.717) is 30.7 Å². The summed E-state index contributed by atoms with van der Waals surface area (Å²) in [6.07, 6.45) is -1.93. The van der Waals surface area contributed by atoms with Gasteiger partial charge in [0.15, 0.2) is 12.3 Å². The molecular formula is C27H24N2O5. The quantitative estimate of drug-likeness (QED) is 0.421. The third kappa shape index (κ3) is 3.88. The molecule has 4 atom stereocenters. The number of aromatic nitrogens is 2. The lowest BCUT2D eigenvalue weighted by molar-refractivity contribution is -0.0864. The standard InChI is InChI=1S/C27H24N2O5/c30-25-20-13-7-8-14-21(20)28-27-29(25)26-24(34-27)23(32-16-19-11-5-2-6-12-19)22(33-26)17-31-15-18-9-3-1-4-10-18/h1-14,22-24,26H,15-17H2/t22-,23-,24-,26?/m1/s1. The Morgan fingerprint density at radius 2 is 1.53 bits per heavy atom. The molecule has 0 amide bonds. The number of hydrogen-bond acceptors (Lipinski definition) is 6. The van der Waals surface area contributed by atoms with Gasteiger partial charge >= 0.3 is 6.01 Å². The first kappa shape index (κ1) is 21.0. The molecule has 172 valence electrons. The Bertz CT molecular complexity index is 1340. The van der Waals surface area contributed by atoms with Gasteiger partial charge in [-0.3, -0.25) is 4.79 Å². The molecule has 34 heavy (non-hydrogen) atoms. The van der Waals surface area contributed by atoms with Crippen molar-refractivity contribution < 1.29 is 18.9 Å². The van der Waals surface area contributed by atoms with Gasteiger partial charge in [-0.05, 0) is 23.3 Å². The first-order chi connectivity index (χ1) is 16.8. The van der Waals surface area contributed by atoms with Crippen molar-refractivity contribution in [3.8, 4) is 6.01 Å². The zero-order chi connectivity index (χ0) is 22.9. The van der Waals surface area contributed by atoms with Crippen molar-refractivity contribution in [2.45, 2.75) is 37.8 Å². The average molecular weight is 456 g/mol. The van der Waals surface area contributed by atoms with Crippen LogP contribution < -0.4 is 10.3 Å². The first-order valence-corrected chi connectivity index (χ1v) is 11.4. The van der Waals surface area contributed by atoms with E-state index in [1.54, 1.807) is 12.1 Å². The highest BCUT2D eigenvalue weighted by atomic mass is 16.6. The molecule has 0 bridgehead atoms. The molecule has 0 aliphatic carbocycles. The minimum atomic E-state index is -0.620. The third-order valence-electron chi connectivity index (χ3n) is 6.24. The van der Waals surface area contributed by atoms with Gasteiger partial charge in [0.25, 0.3) is 5.56 Å². The number of rotatable bonds is 7. The summed E-state index contributed by atoms with van der Waals surface area (Å²) >= 11 is 0. The number of nitrogens with zero attached hydrogens (tertiary/aromatic N) is 2. The maximum Gasteiger partial charge on any atom is 0.302 e. The lowest BCUT2D eigenvalue weighted by atomic mass is 10.1. The zero-order valence-electron chi connectivity index (χ0n) is 18.4. The second kappa shape index (κ2) is 9.02. The molecule has 0 spiro atoms. The first-order valence-electron chi connectivity index (χ1n) is 11.4. The van der Waals surface area contributed by atoms with Crippen LogP contribution in [0.4, 0.5) is 0 Å². The van der Waals surface area contributed by atoms with E-state index < -0.39 is 24.5 Å². The fourth-order valence-corrected chi connectivity index (χ4v) is 4.57. The van der Waals surface area contributed by atoms with E-state index in [1.165, 1.54) is 4.57 Å². The van der Waals surface area contributed by atoms with Gasteiger partial charge in [-0.25, -0.2) is 4.57 Å². The molecular weight excluding hydrogens is 432 g/mol. The summed E-state index contributed by atoms with van der Waals surface area (Å²) in [5, 5.41) is 0.532. The largest absolute Gasteiger partial charge is 0.453 e. The predicted molar refractivity (Wildman–Crippen MR) is 125 cm³/mol. The molecule has 0 N–H and O–H groups in total. The lowest BCUT2D eigenvalue weighted by Crippen LogP contribution is -2.38. The molecule has 1 saturated heterocycles. The molecule has 1 aromatic heterocycles. The Morgan fingerprint density at radius 3 is 2.29 bits per heavy atom. The molecule has 0 radical (unpaired) electrons. The zero-order valence-corrected chi connectivity index (χ0v) is 18.4. The van der Waals surface area contributed by atoms with Crippen molar-refractivity contribution in [2.24, 2.45) is 0 Å². The lowest BCUT2D eigenvalue weighted by Gasteiger charge is -2.22. The van der Waals surface area contributed by atoms with Gasteiger partial charge in [-0.15, -0.1) is 0 Å². The van der Waals surface area contributed by atoms with Crippen LogP contribution in [-0.4, -0.2) is 34.5 Å². The predicted octanol–water partition coefficient (Wildman–Crippen LogP) is 3.86. The Balaban J connectivity index is 1.26. The minimum Gasteiger partial charge on any atom is -0.453 e. The second-order valence-electron chi connectivity index (χ2n) is 8.50. The Labute approximate surface area is 196 Å². The number of fused-ring (bicyclic) bond motifs is 4. The summed E-state index contributed by atoms with van der Waals surface area (Å²) in [7, 11) is 0. The monoisotopic (exact) mass is 456 g/mol. The van der Waals surface area contributed by atoms with Crippen LogP contribution in [0.5, 0.6) is 6.01 Å². The van der Waals surface area contributed by atoms with Gasteiger partial charge in [0.05, 0.1) is 30.7 Å². The van der Waals surface area contributed by atoms with E-state index in [-0.39, 0.29) is 11.6 Å². The van der Waals surface area contributed by atoms with Gasteiger partial charge in [-0.1, -0.05) is 72.8 Å². The molecule has 4 aromatic rings. The summed E-state index contributed by atoms with van der Waals surface area (Å²) in [6, 6.07) is 27.4. The van der Waals surface area contributed by atoms with E-state index >= 15 is 0 Å². The fraction of sp³-hybridized carbons (Fsp3) is 0.259. The van der Waals surface area contributed by atoms with E-state index in [4.69, 9.17) is 18.9 Å². The molecule has 1 unspecified atom stereocenters. The van der Waals surface area contributed by atoms with Crippen LogP contribution in [-0.2, 0) is 27.4 Å². The maximum absolute atomic E-state index is 13.2. The molecule has 3 heterocycles. The van der Waals surface area contributed by atoms with Crippen molar-refractivity contribution in [3.63, 3.8) is 0 Å². The van der Waals surface area contributed by atoms with Gasteiger partial charge in [-0.2, -0.15) is 4.98 Å². The maximum atomic E-state index is 13.2. The molecule has 7 heteroatoms. The number of hydrogen-bond donors (Lipinski definition) is 0. The van der Waals surface area contributed by atoms with Crippen molar-refractivity contribution in [2.75, 3.05) is 6.61 Å². The number of ether oxygens (including phenoxy) is 4. The molecule has 6 rings (SSSR count). The second-order valence-corrected chi connectivity index (χ2v) is 8.50. The highest BCUT2D eigenvalue weighted by molar-refractivity contribution is 5.77. The minimum absolute atomic E-state index is 0.180. The van der Waals surface area contributed by atoms with Crippen LogP contribution >= 0.6 is 0 Å². The van der Waals surface area contributed by atoms with Crippen LogP contribution in [0, 0.1) is 0 Å². The van der Waals surface area contributed by atoms with E-state index in [9.17, 15) is 4.79 Å². The number of para-hydroxylation sites is 1. The average Bonchev–Trinajstić information content (AvgIpc) is 3.39. The van der Waals surface area contributed by atoms with Crippen molar-refractivity contribution in [1.29, 1.82) is 0 Å². The summed E-state index contributed by atoms with van der Waals surface area (Å²) in [4.78, 5) is 17.8. The van der Waals surface area contributed by atoms with Crippen LogP contribution in [0.2, 0.25) is 0 Å². The van der Waals surface area contributed by atoms with Crippen LogP contribution in [0.1, 0.15) is 17.4 Å². The van der Waals surface area contributed by atoms with Gasteiger partial charge in [0.1, 0.15) is 12.2 Å². The molecule has 1 fully saturated rings. The van der Waals surface area contributed by atoms with E-state index in [2.05, 4.69) is 4.98 Å². The Hall–Kier alpha value is -3.52. The molecule has 2 aliphatic heterocycles. The third-order valence-corrected chi connectivity index (χ3v) is 6.24. The summed E-state index contributed by atoms with van der Waals surface area (Å²) in [6.45, 7) is 1.18. The van der Waals surface area contributed by atoms with Crippen molar-refractivity contribution in [1.82, 2.24) is 9.55 Å². The Kier molecular flexibility index (Phi) is 5.58. The van der Waals surface area contributed by atoms with E-state index in [0.717, 1.165) is 11.1 Å². The number of benzene rings is 3. The van der Waals surface area contributed by atoms with Crippen LogP contribution in [0.25, 0.3) is 10.9 Å². The van der Waals surface area contributed by atoms with Gasteiger partial charge in [0.2, 0.25) is 0 Å². The van der Waals surface area contributed by atoms with Crippen molar-refractivity contribution in [3.05, 3.63) is 106 Å².